The predicted octanol–water partition coefficient (Wildman–Crippen LogP) is 2.89. The van der Waals surface area contributed by atoms with Crippen molar-refractivity contribution in [2.24, 2.45) is 11.3 Å². The maximum Gasteiger partial charge on any atom is 0.325 e. The number of benzene rings is 1. The molecule has 33 heavy (non-hydrogen) atoms. The average Bonchev–Trinajstić information content (AvgIpc) is 2.90. The summed E-state index contributed by atoms with van der Waals surface area (Å²) in [5.41, 5.74) is -1.78. The SMILES string of the molecule is CCN(CC(=O)Nc1c(F)cccc1F)C(=O)CN1C(=O)N[C@@]2(C[C@H](C)CC(C)(C)C2)C1=O. The van der Waals surface area contributed by atoms with Crippen molar-refractivity contribution in [3.63, 3.8) is 0 Å². The maximum absolute atomic E-state index is 13.8. The standard InChI is InChI=1S/C23H30F2N4O4/c1-5-28(11-17(30)26-19-15(24)7-6-8-16(19)25)18(31)12-29-20(32)23(27-21(29)33)10-14(2)9-22(3,4)13-23/h6-8,14H,5,9-13H2,1-4H3,(H,26,30)(H,27,33)/t14-,23-/m1/s1. The van der Waals surface area contributed by atoms with Gasteiger partial charge in [-0.15, -0.1) is 0 Å². The Bertz CT molecular complexity index is 963. The van der Waals surface area contributed by atoms with Crippen LogP contribution in [0.1, 0.15) is 47.0 Å². The van der Waals surface area contributed by atoms with Crippen molar-refractivity contribution in [2.75, 3.05) is 25.0 Å². The van der Waals surface area contributed by atoms with Crippen molar-refractivity contribution < 1.29 is 28.0 Å². The Morgan fingerprint density at radius 3 is 2.42 bits per heavy atom. The monoisotopic (exact) mass is 464 g/mol. The summed E-state index contributed by atoms with van der Waals surface area (Å²) in [5.74, 6) is -3.51. The number of hydrogen-bond acceptors (Lipinski definition) is 4. The number of para-hydroxylation sites is 1. The Hall–Kier alpha value is -3.04. The molecule has 1 spiro atoms. The number of likely N-dealkylation sites (N-methyl/N-ethyl adjacent to an activating group) is 1. The van der Waals surface area contributed by atoms with Gasteiger partial charge in [0.15, 0.2) is 0 Å². The topological polar surface area (TPSA) is 98.8 Å². The Labute approximate surface area is 191 Å². The molecule has 2 N–H and O–H groups in total. The molecule has 2 aliphatic rings. The van der Waals surface area contributed by atoms with Gasteiger partial charge in [0.05, 0.1) is 6.54 Å². The van der Waals surface area contributed by atoms with E-state index in [2.05, 4.69) is 10.6 Å². The molecule has 8 nitrogen and oxygen atoms in total. The van der Waals surface area contributed by atoms with Gasteiger partial charge in [0.1, 0.15) is 29.4 Å². The zero-order valence-electron chi connectivity index (χ0n) is 19.3. The average molecular weight is 465 g/mol. The van der Waals surface area contributed by atoms with Gasteiger partial charge in [-0.1, -0.05) is 26.8 Å². The van der Waals surface area contributed by atoms with E-state index in [4.69, 9.17) is 0 Å². The van der Waals surface area contributed by atoms with E-state index in [0.717, 1.165) is 28.4 Å². The highest BCUT2D eigenvalue weighted by Gasteiger charge is 2.56. The lowest BCUT2D eigenvalue weighted by Crippen LogP contribution is -2.54. The second-order valence-electron chi connectivity index (χ2n) is 9.81. The number of halogens is 2. The van der Waals surface area contributed by atoms with Crippen LogP contribution in [0.15, 0.2) is 18.2 Å². The molecule has 2 fully saturated rings. The van der Waals surface area contributed by atoms with Crippen molar-refractivity contribution in [3.8, 4) is 0 Å². The highest BCUT2D eigenvalue weighted by atomic mass is 19.1. The minimum absolute atomic E-state index is 0.102. The first-order valence-electron chi connectivity index (χ1n) is 11.0. The van der Waals surface area contributed by atoms with Crippen molar-refractivity contribution in [1.29, 1.82) is 0 Å². The molecule has 0 unspecified atom stereocenters. The molecule has 1 aliphatic heterocycles. The number of nitrogens with zero attached hydrogens (tertiary/aromatic N) is 2. The molecule has 1 heterocycles. The zero-order valence-corrected chi connectivity index (χ0v) is 19.3. The van der Waals surface area contributed by atoms with Gasteiger partial charge < -0.3 is 15.5 Å². The van der Waals surface area contributed by atoms with E-state index in [1.54, 1.807) is 6.92 Å². The maximum atomic E-state index is 13.8. The van der Waals surface area contributed by atoms with Gasteiger partial charge in [-0.3, -0.25) is 19.3 Å². The van der Waals surface area contributed by atoms with Crippen LogP contribution in [0.4, 0.5) is 19.3 Å². The van der Waals surface area contributed by atoms with Gasteiger partial charge in [0.25, 0.3) is 5.91 Å². The zero-order chi connectivity index (χ0) is 24.6. The smallest absolute Gasteiger partial charge is 0.325 e. The first kappa shape index (κ1) is 24.6. The molecule has 1 saturated carbocycles. The highest BCUT2D eigenvalue weighted by molar-refractivity contribution is 6.09. The second-order valence-corrected chi connectivity index (χ2v) is 9.81. The molecule has 1 aromatic carbocycles. The van der Waals surface area contributed by atoms with Crippen LogP contribution >= 0.6 is 0 Å². The lowest BCUT2D eigenvalue weighted by molar-refractivity contribution is -0.141. The molecule has 180 valence electrons. The lowest BCUT2D eigenvalue weighted by Gasteiger charge is -2.43. The molecular formula is C23H30F2N4O4. The van der Waals surface area contributed by atoms with E-state index in [-0.39, 0.29) is 17.9 Å². The number of imide groups is 1. The fourth-order valence-electron chi connectivity index (χ4n) is 5.23. The van der Waals surface area contributed by atoms with Crippen LogP contribution in [0.3, 0.4) is 0 Å². The quantitative estimate of drug-likeness (QED) is 0.633. The Balaban J connectivity index is 1.67. The summed E-state index contributed by atoms with van der Waals surface area (Å²) in [6.07, 6.45) is 1.91. The van der Waals surface area contributed by atoms with Crippen molar-refractivity contribution in [1.82, 2.24) is 15.1 Å². The van der Waals surface area contributed by atoms with Crippen molar-refractivity contribution >= 4 is 29.4 Å². The molecule has 0 bridgehead atoms. The van der Waals surface area contributed by atoms with Gasteiger partial charge in [0.2, 0.25) is 11.8 Å². The van der Waals surface area contributed by atoms with E-state index in [9.17, 15) is 28.0 Å². The van der Waals surface area contributed by atoms with Gasteiger partial charge >= 0.3 is 6.03 Å². The van der Waals surface area contributed by atoms with Crippen LogP contribution < -0.4 is 10.6 Å². The van der Waals surface area contributed by atoms with Crippen molar-refractivity contribution in [3.05, 3.63) is 29.8 Å². The Kier molecular flexibility index (Phi) is 6.76. The molecule has 3 rings (SSSR count). The fraction of sp³-hybridized carbons (Fsp3) is 0.565. The Morgan fingerprint density at radius 2 is 1.85 bits per heavy atom. The molecule has 2 atom stereocenters. The molecular weight excluding hydrogens is 434 g/mol. The minimum atomic E-state index is -1.03. The fourth-order valence-corrected chi connectivity index (χ4v) is 5.23. The molecule has 0 aromatic heterocycles. The van der Waals surface area contributed by atoms with E-state index in [1.165, 1.54) is 6.07 Å². The molecule has 1 aliphatic carbocycles. The number of nitrogens with one attached hydrogen (secondary N) is 2. The summed E-state index contributed by atoms with van der Waals surface area (Å²) < 4.78 is 27.6. The van der Waals surface area contributed by atoms with Crippen LogP contribution in [0.5, 0.6) is 0 Å². The van der Waals surface area contributed by atoms with Gasteiger partial charge in [-0.05, 0) is 49.7 Å². The Morgan fingerprint density at radius 1 is 1.21 bits per heavy atom. The third kappa shape index (κ3) is 5.15. The number of urea groups is 1. The molecule has 1 aromatic rings. The summed E-state index contributed by atoms with van der Waals surface area (Å²) in [6.45, 7) is 6.85. The van der Waals surface area contributed by atoms with Crippen LogP contribution in [-0.4, -0.2) is 58.7 Å². The number of carbonyl (C=O) groups excluding carboxylic acids is 4. The van der Waals surface area contributed by atoms with Crippen LogP contribution in [-0.2, 0) is 14.4 Å². The molecule has 0 radical (unpaired) electrons. The minimum Gasteiger partial charge on any atom is -0.332 e. The molecule has 5 amide bonds. The van der Waals surface area contributed by atoms with E-state index in [1.807, 2.05) is 20.8 Å². The highest BCUT2D eigenvalue weighted by Crippen LogP contribution is 2.46. The molecule has 1 saturated heterocycles. The summed E-state index contributed by atoms with van der Waals surface area (Å²) in [6, 6.07) is 2.54. The van der Waals surface area contributed by atoms with Gasteiger partial charge in [0, 0.05) is 6.54 Å². The van der Waals surface area contributed by atoms with Gasteiger partial charge in [-0.2, -0.15) is 0 Å². The number of hydrogen-bond donors (Lipinski definition) is 2. The summed E-state index contributed by atoms with van der Waals surface area (Å²) in [4.78, 5) is 53.0. The van der Waals surface area contributed by atoms with Crippen LogP contribution in [0, 0.1) is 23.0 Å². The predicted molar refractivity (Wildman–Crippen MR) is 117 cm³/mol. The number of carbonyl (C=O) groups is 4. The van der Waals surface area contributed by atoms with Gasteiger partial charge in [-0.25, -0.2) is 13.6 Å². The van der Waals surface area contributed by atoms with E-state index in [0.29, 0.717) is 12.8 Å². The summed E-state index contributed by atoms with van der Waals surface area (Å²) in [5, 5.41) is 4.93. The summed E-state index contributed by atoms with van der Waals surface area (Å²) in [7, 11) is 0. The normalized spacial score (nSPS) is 24.1. The molecule has 10 heteroatoms. The number of anilines is 1. The first-order chi connectivity index (χ1) is 15.4. The third-order valence-electron chi connectivity index (χ3n) is 6.21. The first-order valence-corrected chi connectivity index (χ1v) is 11.0. The van der Waals surface area contributed by atoms with Crippen molar-refractivity contribution in [2.45, 2.75) is 52.5 Å². The largest absolute Gasteiger partial charge is 0.332 e. The number of rotatable bonds is 6. The van der Waals surface area contributed by atoms with Crippen LogP contribution in [0.2, 0.25) is 0 Å². The second kappa shape index (κ2) is 9.07. The third-order valence-corrected chi connectivity index (χ3v) is 6.21. The summed E-state index contributed by atoms with van der Waals surface area (Å²) >= 11 is 0. The lowest BCUT2D eigenvalue weighted by atomic mass is 9.64. The van der Waals surface area contributed by atoms with Crippen LogP contribution in [0.25, 0.3) is 0 Å². The van der Waals surface area contributed by atoms with E-state index < -0.39 is 59.7 Å². The van der Waals surface area contributed by atoms with E-state index >= 15 is 0 Å². The number of amides is 5.